The SMILES string of the molecule is CCOc1cc(/C=C/c2nc3ccccc3[nH]c2=O)ccc1OCc1ccccc1. The van der Waals surface area contributed by atoms with Crippen LogP contribution in [0.1, 0.15) is 23.7 Å². The van der Waals surface area contributed by atoms with E-state index in [2.05, 4.69) is 9.97 Å². The Labute approximate surface area is 174 Å². The number of hydrogen-bond donors (Lipinski definition) is 1. The molecule has 1 aromatic heterocycles. The first kappa shape index (κ1) is 19.5. The van der Waals surface area contributed by atoms with Crippen molar-refractivity contribution in [2.75, 3.05) is 6.61 Å². The van der Waals surface area contributed by atoms with E-state index in [1.54, 1.807) is 6.08 Å². The van der Waals surface area contributed by atoms with Crippen molar-refractivity contribution < 1.29 is 9.47 Å². The van der Waals surface area contributed by atoms with Crippen LogP contribution in [0.5, 0.6) is 11.5 Å². The van der Waals surface area contributed by atoms with Crippen molar-refractivity contribution in [3.8, 4) is 11.5 Å². The molecule has 5 nitrogen and oxygen atoms in total. The first-order valence-corrected chi connectivity index (χ1v) is 9.83. The van der Waals surface area contributed by atoms with E-state index in [4.69, 9.17) is 9.47 Å². The molecule has 0 saturated carbocycles. The number of H-pyrrole nitrogens is 1. The van der Waals surface area contributed by atoms with Gasteiger partial charge in [0.2, 0.25) is 0 Å². The fourth-order valence-electron chi connectivity index (χ4n) is 3.08. The maximum atomic E-state index is 12.3. The minimum Gasteiger partial charge on any atom is -0.490 e. The van der Waals surface area contributed by atoms with Crippen molar-refractivity contribution in [3.05, 3.63) is 100.0 Å². The summed E-state index contributed by atoms with van der Waals surface area (Å²) < 4.78 is 11.7. The molecule has 5 heteroatoms. The summed E-state index contributed by atoms with van der Waals surface area (Å²) in [6.07, 6.45) is 3.55. The van der Waals surface area contributed by atoms with Gasteiger partial charge in [0.1, 0.15) is 12.3 Å². The van der Waals surface area contributed by atoms with Crippen molar-refractivity contribution in [1.82, 2.24) is 9.97 Å². The van der Waals surface area contributed by atoms with Gasteiger partial charge in [-0.05, 0) is 48.4 Å². The van der Waals surface area contributed by atoms with Gasteiger partial charge in [-0.3, -0.25) is 4.79 Å². The molecule has 4 rings (SSSR count). The molecule has 0 radical (unpaired) electrons. The highest BCUT2D eigenvalue weighted by Gasteiger charge is 2.07. The van der Waals surface area contributed by atoms with E-state index in [-0.39, 0.29) is 5.56 Å². The molecule has 0 aliphatic rings. The van der Waals surface area contributed by atoms with Crippen LogP contribution in [0.2, 0.25) is 0 Å². The fourth-order valence-corrected chi connectivity index (χ4v) is 3.08. The Morgan fingerprint density at radius 3 is 2.53 bits per heavy atom. The molecule has 0 amide bonds. The minimum absolute atomic E-state index is 0.224. The van der Waals surface area contributed by atoms with Crippen LogP contribution in [-0.2, 0) is 6.61 Å². The number of benzene rings is 3. The zero-order valence-corrected chi connectivity index (χ0v) is 16.7. The van der Waals surface area contributed by atoms with Crippen LogP contribution < -0.4 is 15.0 Å². The molecule has 150 valence electrons. The predicted molar refractivity (Wildman–Crippen MR) is 120 cm³/mol. The topological polar surface area (TPSA) is 64.2 Å². The Kier molecular flexibility index (Phi) is 5.90. The predicted octanol–water partition coefficient (Wildman–Crippen LogP) is 5.07. The summed E-state index contributed by atoms with van der Waals surface area (Å²) in [5, 5.41) is 0. The average Bonchev–Trinajstić information content (AvgIpc) is 2.78. The van der Waals surface area contributed by atoms with Crippen molar-refractivity contribution >= 4 is 23.2 Å². The van der Waals surface area contributed by atoms with E-state index in [1.165, 1.54) is 0 Å². The second-order valence-corrected chi connectivity index (χ2v) is 6.72. The number of nitrogens with zero attached hydrogens (tertiary/aromatic N) is 1. The number of rotatable bonds is 7. The van der Waals surface area contributed by atoms with E-state index < -0.39 is 0 Å². The fraction of sp³-hybridized carbons (Fsp3) is 0.120. The van der Waals surface area contributed by atoms with Gasteiger partial charge in [-0.2, -0.15) is 0 Å². The van der Waals surface area contributed by atoms with Gasteiger partial charge in [0.25, 0.3) is 5.56 Å². The van der Waals surface area contributed by atoms with Crippen LogP contribution in [0.4, 0.5) is 0 Å². The van der Waals surface area contributed by atoms with Gasteiger partial charge < -0.3 is 14.5 Å². The lowest BCUT2D eigenvalue weighted by molar-refractivity contribution is 0.269. The summed E-state index contributed by atoms with van der Waals surface area (Å²) in [6.45, 7) is 2.93. The van der Waals surface area contributed by atoms with E-state index in [0.717, 1.165) is 22.2 Å². The highest BCUT2D eigenvalue weighted by Crippen LogP contribution is 2.30. The van der Waals surface area contributed by atoms with Crippen LogP contribution in [0.3, 0.4) is 0 Å². The molecule has 0 unspecified atom stereocenters. The van der Waals surface area contributed by atoms with Crippen molar-refractivity contribution in [2.45, 2.75) is 13.5 Å². The zero-order valence-electron chi connectivity index (χ0n) is 16.7. The van der Waals surface area contributed by atoms with E-state index in [9.17, 15) is 4.79 Å². The summed E-state index contributed by atoms with van der Waals surface area (Å²) in [6, 6.07) is 23.2. The molecule has 30 heavy (non-hydrogen) atoms. The molecular formula is C25H22N2O3. The lowest BCUT2D eigenvalue weighted by atomic mass is 10.1. The Morgan fingerprint density at radius 1 is 0.900 bits per heavy atom. The largest absolute Gasteiger partial charge is 0.490 e. The van der Waals surface area contributed by atoms with Gasteiger partial charge >= 0.3 is 0 Å². The summed E-state index contributed by atoms with van der Waals surface area (Å²) in [5.74, 6) is 1.34. The zero-order chi connectivity index (χ0) is 20.8. The summed E-state index contributed by atoms with van der Waals surface area (Å²) in [7, 11) is 0. The molecular weight excluding hydrogens is 376 g/mol. The van der Waals surface area contributed by atoms with Gasteiger partial charge in [-0.15, -0.1) is 0 Å². The maximum absolute atomic E-state index is 12.3. The molecule has 0 bridgehead atoms. The monoisotopic (exact) mass is 398 g/mol. The lowest BCUT2D eigenvalue weighted by Gasteiger charge is -2.12. The highest BCUT2D eigenvalue weighted by atomic mass is 16.5. The number of ether oxygens (including phenoxy) is 2. The molecule has 0 atom stereocenters. The van der Waals surface area contributed by atoms with Crippen molar-refractivity contribution in [2.24, 2.45) is 0 Å². The van der Waals surface area contributed by atoms with Gasteiger partial charge in [-0.1, -0.05) is 54.6 Å². The van der Waals surface area contributed by atoms with Gasteiger partial charge in [0.15, 0.2) is 11.5 Å². The van der Waals surface area contributed by atoms with Gasteiger partial charge in [0, 0.05) is 0 Å². The molecule has 1 heterocycles. The third kappa shape index (κ3) is 4.58. The third-order valence-corrected chi connectivity index (χ3v) is 4.56. The summed E-state index contributed by atoms with van der Waals surface area (Å²) >= 11 is 0. The molecule has 4 aromatic rings. The highest BCUT2D eigenvalue weighted by molar-refractivity contribution is 5.76. The molecule has 0 saturated heterocycles. The molecule has 0 fully saturated rings. The molecule has 3 aromatic carbocycles. The Hall–Kier alpha value is -3.86. The second-order valence-electron chi connectivity index (χ2n) is 6.72. The van der Waals surface area contributed by atoms with Crippen LogP contribution in [-0.4, -0.2) is 16.6 Å². The van der Waals surface area contributed by atoms with E-state index in [0.29, 0.717) is 30.4 Å². The van der Waals surface area contributed by atoms with Gasteiger partial charge in [0.05, 0.1) is 17.6 Å². The van der Waals surface area contributed by atoms with E-state index in [1.807, 2.05) is 85.8 Å². The van der Waals surface area contributed by atoms with Crippen molar-refractivity contribution in [1.29, 1.82) is 0 Å². The summed E-state index contributed by atoms with van der Waals surface area (Å²) in [4.78, 5) is 19.6. The number of fused-ring (bicyclic) bond motifs is 1. The summed E-state index contributed by atoms with van der Waals surface area (Å²) in [5.41, 5.74) is 3.58. The third-order valence-electron chi connectivity index (χ3n) is 4.56. The minimum atomic E-state index is -0.224. The normalized spacial score (nSPS) is 11.1. The lowest BCUT2D eigenvalue weighted by Crippen LogP contribution is -2.11. The second kappa shape index (κ2) is 9.09. The standard InChI is InChI=1S/C25H22N2O3/c1-2-29-24-16-18(13-15-23(24)30-17-19-8-4-3-5-9-19)12-14-22-25(28)27-21-11-7-6-10-20(21)26-22/h3-16H,2,17H2,1H3,(H,27,28)/b14-12+. The number of aromatic nitrogens is 2. The van der Waals surface area contributed by atoms with Crippen LogP contribution in [0.15, 0.2) is 77.6 Å². The Bertz CT molecular complexity index is 1230. The Morgan fingerprint density at radius 2 is 1.70 bits per heavy atom. The molecule has 1 N–H and O–H groups in total. The average molecular weight is 398 g/mol. The molecule has 0 spiro atoms. The number of nitrogens with one attached hydrogen (secondary N) is 1. The first-order valence-electron chi connectivity index (χ1n) is 9.83. The van der Waals surface area contributed by atoms with Crippen LogP contribution in [0.25, 0.3) is 23.2 Å². The quantitative estimate of drug-likeness (QED) is 0.472. The first-order chi connectivity index (χ1) is 14.7. The molecule has 0 aliphatic heterocycles. The van der Waals surface area contributed by atoms with Crippen LogP contribution in [0, 0.1) is 0 Å². The van der Waals surface area contributed by atoms with E-state index >= 15 is 0 Å². The van der Waals surface area contributed by atoms with Crippen LogP contribution >= 0.6 is 0 Å². The smallest absolute Gasteiger partial charge is 0.274 e. The number of hydrogen-bond acceptors (Lipinski definition) is 4. The van der Waals surface area contributed by atoms with Crippen molar-refractivity contribution in [3.63, 3.8) is 0 Å². The van der Waals surface area contributed by atoms with Gasteiger partial charge in [-0.25, -0.2) is 4.98 Å². The number of para-hydroxylation sites is 2. The Balaban J connectivity index is 1.56. The maximum Gasteiger partial charge on any atom is 0.274 e. The number of aromatic amines is 1. The molecule has 0 aliphatic carbocycles.